The van der Waals surface area contributed by atoms with Crippen LogP contribution in [-0.4, -0.2) is 38.4 Å². The molecule has 0 atom stereocenters. The second-order valence-corrected chi connectivity index (χ2v) is 8.63. The van der Waals surface area contributed by atoms with Crippen molar-refractivity contribution < 1.29 is 9.84 Å². The van der Waals surface area contributed by atoms with E-state index < -0.39 is 0 Å². The fourth-order valence-corrected chi connectivity index (χ4v) is 5.22. The third kappa shape index (κ3) is 4.29. The molecule has 0 amide bonds. The predicted octanol–water partition coefficient (Wildman–Crippen LogP) is 3.48. The van der Waals surface area contributed by atoms with Gasteiger partial charge in [-0.2, -0.15) is 0 Å². The summed E-state index contributed by atoms with van der Waals surface area (Å²) in [6.45, 7) is 4.27. The molecular formula is C24H34N4O2. The molecule has 2 aromatic rings. The predicted molar refractivity (Wildman–Crippen MR) is 124 cm³/mol. The minimum absolute atomic E-state index is 0.0351. The van der Waals surface area contributed by atoms with Gasteiger partial charge in [0.2, 0.25) is 0 Å². The monoisotopic (exact) mass is 410 g/mol. The molecule has 0 aliphatic carbocycles. The van der Waals surface area contributed by atoms with Gasteiger partial charge in [0.05, 0.1) is 19.4 Å². The third-order valence-electron chi connectivity index (χ3n) is 6.90. The number of aliphatic hydroxyl groups is 1. The van der Waals surface area contributed by atoms with Crippen LogP contribution in [0.5, 0.6) is 5.75 Å². The number of nitrogen functional groups attached to an aromatic ring is 2. The lowest BCUT2D eigenvalue weighted by Gasteiger charge is -2.42. The average molecular weight is 411 g/mol. The van der Waals surface area contributed by atoms with Gasteiger partial charge in [-0.3, -0.25) is 0 Å². The molecule has 2 aliphatic heterocycles. The molecule has 30 heavy (non-hydrogen) atoms. The van der Waals surface area contributed by atoms with Gasteiger partial charge in [0.15, 0.2) is 0 Å². The minimum Gasteiger partial charge on any atom is -0.495 e. The van der Waals surface area contributed by atoms with Crippen molar-refractivity contribution in [2.75, 3.05) is 54.6 Å². The Morgan fingerprint density at radius 1 is 0.833 bits per heavy atom. The van der Waals surface area contributed by atoms with E-state index in [1.807, 2.05) is 24.3 Å². The quantitative estimate of drug-likeness (QED) is 0.654. The largest absolute Gasteiger partial charge is 0.495 e. The molecule has 2 heterocycles. The average Bonchev–Trinajstić information content (AvgIpc) is 2.79. The Hall–Kier alpha value is -2.60. The van der Waals surface area contributed by atoms with Crippen molar-refractivity contribution >= 4 is 22.7 Å². The van der Waals surface area contributed by atoms with E-state index in [0.29, 0.717) is 5.69 Å². The summed E-state index contributed by atoms with van der Waals surface area (Å²) in [7, 11) is 1.71. The lowest BCUT2D eigenvalue weighted by atomic mass is 9.78. The van der Waals surface area contributed by atoms with Crippen LogP contribution in [0.25, 0.3) is 0 Å². The van der Waals surface area contributed by atoms with Crippen molar-refractivity contribution in [2.45, 2.75) is 32.3 Å². The number of nitrogens with zero attached hydrogens (tertiary/aromatic N) is 2. The maximum absolute atomic E-state index is 9.70. The molecule has 2 saturated heterocycles. The summed E-state index contributed by atoms with van der Waals surface area (Å²) < 4.78 is 5.55. The van der Waals surface area contributed by atoms with E-state index in [2.05, 4.69) is 21.9 Å². The molecule has 0 bridgehead atoms. The SMILES string of the molecule is COc1cc(N)ccc1N1CCC(C2CCN(c3ccc(N)cc3CO)CC2)CC1. The second-order valence-electron chi connectivity index (χ2n) is 8.63. The highest BCUT2D eigenvalue weighted by molar-refractivity contribution is 5.64. The van der Waals surface area contributed by atoms with Gasteiger partial charge in [0.25, 0.3) is 0 Å². The maximum Gasteiger partial charge on any atom is 0.144 e. The molecule has 0 spiro atoms. The Kier molecular flexibility index (Phi) is 6.23. The molecule has 0 aromatic heterocycles. The molecule has 162 valence electrons. The van der Waals surface area contributed by atoms with Crippen molar-refractivity contribution in [3.05, 3.63) is 42.0 Å². The number of hydrogen-bond acceptors (Lipinski definition) is 6. The van der Waals surface area contributed by atoms with Crippen LogP contribution in [0.4, 0.5) is 22.7 Å². The van der Waals surface area contributed by atoms with Gasteiger partial charge in [0.1, 0.15) is 5.75 Å². The highest BCUT2D eigenvalue weighted by atomic mass is 16.5. The standard InChI is InChI=1S/C24H34N4O2/c1-30-24-15-21(26)3-5-23(24)28-12-8-18(9-13-28)17-6-10-27(11-7-17)22-4-2-20(25)14-19(22)16-29/h2-5,14-15,17-18,29H,6-13,16,25-26H2,1H3. The van der Waals surface area contributed by atoms with Gasteiger partial charge in [-0.05, 0) is 67.9 Å². The number of ether oxygens (including phenoxy) is 1. The maximum atomic E-state index is 9.70. The molecule has 0 radical (unpaired) electrons. The first-order chi connectivity index (χ1) is 14.6. The number of rotatable bonds is 5. The minimum atomic E-state index is 0.0351. The highest BCUT2D eigenvalue weighted by Gasteiger charge is 2.30. The lowest BCUT2D eigenvalue weighted by molar-refractivity contribution is 0.232. The Balaban J connectivity index is 1.33. The molecule has 2 fully saturated rings. The summed E-state index contributed by atoms with van der Waals surface area (Å²) in [6.07, 6.45) is 4.88. The number of piperidine rings is 2. The van der Waals surface area contributed by atoms with E-state index in [1.165, 1.54) is 25.7 Å². The Bertz CT molecular complexity index is 785. The van der Waals surface area contributed by atoms with Gasteiger partial charge in [-0.1, -0.05) is 0 Å². The lowest BCUT2D eigenvalue weighted by Crippen LogP contribution is -2.41. The molecule has 6 heteroatoms. The molecule has 4 rings (SSSR count). The van der Waals surface area contributed by atoms with Crippen LogP contribution in [0.2, 0.25) is 0 Å². The Morgan fingerprint density at radius 3 is 1.87 bits per heavy atom. The van der Waals surface area contributed by atoms with Crippen LogP contribution in [0.3, 0.4) is 0 Å². The Labute approximate surface area is 179 Å². The number of benzene rings is 2. The van der Waals surface area contributed by atoms with Crippen molar-refractivity contribution in [3.63, 3.8) is 0 Å². The first-order valence-corrected chi connectivity index (χ1v) is 11.0. The number of hydrogen-bond donors (Lipinski definition) is 3. The fourth-order valence-electron chi connectivity index (χ4n) is 5.22. The van der Waals surface area contributed by atoms with E-state index in [9.17, 15) is 5.11 Å². The fraction of sp³-hybridized carbons (Fsp3) is 0.500. The zero-order valence-corrected chi connectivity index (χ0v) is 17.9. The van der Waals surface area contributed by atoms with Gasteiger partial charge in [-0.15, -0.1) is 0 Å². The number of nitrogens with two attached hydrogens (primary N) is 2. The zero-order chi connectivity index (χ0) is 21.1. The zero-order valence-electron chi connectivity index (χ0n) is 17.9. The highest BCUT2D eigenvalue weighted by Crippen LogP contribution is 2.38. The van der Waals surface area contributed by atoms with Crippen LogP contribution < -0.4 is 26.0 Å². The molecule has 0 unspecified atom stereocenters. The molecule has 2 aromatic carbocycles. The number of methoxy groups -OCH3 is 1. The van der Waals surface area contributed by atoms with Crippen molar-refractivity contribution in [1.29, 1.82) is 0 Å². The summed E-state index contributed by atoms with van der Waals surface area (Å²) in [5, 5.41) is 9.70. The first-order valence-electron chi connectivity index (χ1n) is 11.0. The van der Waals surface area contributed by atoms with E-state index in [-0.39, 0.29) is 6.61 Å². The molecule has 2 aliphatic rings. The van der Waals surface area contributed by atoms with Crippen molar-refractivity contribution in [3.8, 4) is 5.75 Å². The van der Waals surface area contributed by atoms with Crippen LogP contribution in [0.15, 0.2) is 36.4 Å². The van der Waals surface area contributed by atoms with E-state index in [4.69, 9.17) is 16.2 Å². The van der Waals surface area contributed by atoms with Crippen LogP contribution >= 0.6 is 0 Å². The van der Waals surface area contributed by atoms with E-state index >= 15 is 0 Å². The number of anilines is 4. The summed E-state index contributed by atoms with van der Waals surface area (Å²) >= 11 is 0. The summed E-state index contributed by atoms with van der Waals surface area (Å²) in [5.41, 5.74) is 16.5. The molecule has 0 saturated carbocycles. The summed E-state index contributed by atoms with van der Waals surface area (Å²) in [5.74, 6) is 2.43. The molecule has 5 N–H and O–H groups in total. The summed E-state index contributed by atoms with van der Waals surface area (Å²) in [6, 6.07) is 11.8. The van der Waals surface area contributed by atoms with Gasteiger partial charge < -0.3 is 31.1 Å². The van der Waals surface area contributed by atoms with Gasteiger partial charge in [0, 0.05) is 54.9 Å². The third-order valence-corrected chi connectivity index (χ3v) is 6.90. The van der Waals surface area contributed by atoms with Crippen LogP contribution in [-0.2, 0) is 6.61 Å². The van der Waals surface area contributed by atoms with Crippen LogP contribution in [0, 0.1) is 11.8 Å². The smallest absolute Gasteiger partial charge is 0.144 e. The van der Waals surface area contributed by atoms with Gasteiger partial charge >= 0.3 is 0 Å². The topological polar surface area (TPSA) is 88.0 Å². The summed E-state index contributed by atoms with van der Waals surface area (Å²) in [4.78, 5) is 4.85. The van der Waals surface area contributed by atoms with Crippen molar-refractivity contribution in [1.82, 2.24) is 0 Å². The normalized spacial score (nSPS) is 18.6. The van der Waals surface area contributed by atoms with Crippen molar-refractivity contribution in [2.24, 2.45) is 11.8 Å². The van der Waals surface area contributed by atoms with E-state index in [1.54, 1.807) is 7.11 Å². The molecule has 6 nitrogen and oxygen atoms in total. The first kappa shape index (κ1) is 20.7. The Morgan fingerprint density at radius 2 is 1.33 bits per heavy atom. The molecular weight excluding hydrogens is 376 g/mol. The number of aliphatic hydroxyl groups excluding tert-OH is 1. The van der Waals surface area contributed by atoms with Crippen LogP contribution in [0.1, 0.15) is 31.2 Å². The second kappa shape index (κ2) is 9.04. The van der Waals surface area contributed by atoms with E-state index in [0.717, 1.165) is 66.4 Å². The van der Waals surface area contributed by atoms with Gasteiger partial charge in [-0.25, -0.2) is 0 Å².